The molecular formula is C11H13ClN2O2S. The van der Waals surface area contributed by atoms with E-state index in [0.717, 1.165) is 6.42 Å². The Balaban J connectivity index is 2.48. The molecule has 1 aromatic carbocycles. The van der Waals surface area contributed by atoms with E-state index < -0.39 is 10.0 Å². The smallest absolute Gasteiger partial charge is 0.263 e. The minimum atomic E-state index is -3.44. The Kier molecular flexibility index (Phi) is 3.40. The summed E-state index contributed by atoms with van der Waals surface area (Å²) >= 11 is 5.76. The third-order valence-electron chi connectivity index (χ3n) is 2.62. The molecule has 6 heteroatoms. The van der Waals surface area contributed by atoms with Crippen LogP contribution in [0, 0.1) is 0 Å². The molecule has 1 aliphatic heterocycles. The average molecular weight is 273 g/mol. The van der Waals surface area contributed by atoms with Crippen molar-refractivity contribution in [1.29, 1.82) is 0 Å². The van der Waals surface area contributed by atoms with E-state index in [1.165, 1.54) is 0 Å². The van der Waals surface area contributed by atoms with E-state index in [0.29, 0.717) is 17.3 Å². The van der Waals surface area contributed by atoms with E-state index in [1.807, 2.05) is 6.92 Å². The lowest BCUT2D eigenvalue weighted by molar-refractivity contribution is 0.595. The van der Waals surface area contributed by atoms with Gasteiger partial charge in [0.1, 0.15) is 5.84 Å². The van der Waals surface area contributed by atoms with Crippen molar-refractivity contribution in [3.63, 3.8) is 0 Å². The summed E-state index contributed by atoms with van der Waals surface area (Å²) in [6.45, 7) is 1.96. The zero-order valence-electron chi connectivity index (χ0n) is 9.35. The predicted octanol–water partition coefficient (Wildman–Crippen LogP) is 1.74. The second-order valence-electron chi connectivity index (χ2n) is 3.80. The van der Waals surface area contributed by atoms with Gasteiger partial charge in [-0.05, 0) is 18.6 Å². The summed E-state index contributed by atoms with van der Waals surface area (Å²) in [5, 5.41) is 0. The fraction of sp³-hybridized carbons (Fsp3) is 0.364. The fourth-order valence-electron chi connectivity index (χ4n) is 1.65. The van der Waals surface area contributed by atoms with Crippen LogP contribution < -0.4 is 4.72 Å². The van der Waals surface area contributed by atoms with Crippen LogP contribution in [-0.4, -0.2) is 26.2 Å². The number of nitrogens with one attached hydrogen (secondary N) is 1. The number of hydrogen-bond acceptors (Lipinski definition) is 3. The van der Waals surface area contributed by atoms with Gasteiger partial charge in [0.2, 0.25) is 0 Å². The highest BCUT2D eigenvalue weighted by Gasteiger charge is 2.30. The van der Waals surface area contributed by atoms with Gasteiger partial charge in [-0.2, -0.15) is 0 Å². The van der Waals surface area contributed by atoms with E-state index >= 15 is 0 Å². The van der Waals surface area contributed by atoms with Gasteiger partial charge in [0.05, 0.1) is 10.9 Å². The Hall–Kier alpha value is -1.07. The molecule has 17 heavy (non-hydrogen) atoms. The molecule has 1 aliphatic rings. The van der Waals surface area contributed by atoms with Gasteiger partial charge in [-0.15, -0.1) is 11.6 Å². The van der Waals surface area contributed by atoms with Crippen LogP contribution in [0.3, 0.4) is 0 Å². The fourth-order valence-corrected chi connectivity index (χ4v) is 3.17. The maximum Gasteiger partial charge on any atom is 0.263 e. The number of hydrogen-bond donors (Lipinski definition) is 1. The zero-order chi connectivity index (χ0) is 12.5. The summed E-state index contributed by atoms with van der Waals surface area (Å²) < 4.78 is 26.1. The van der Waals surface area contributed by atoms with Crippen molar-refractivity contribution in [3.8, 4) is 0 Å². The third kappa shape index (κ3) is 2.30. The predicted molar refractivity (Wildman–Crippen MR) is 68.1 cm³/mol. The Morgan fingerprint density at radius 3 is 2.76 bits per heavy atom. The molecule has 0 bridgehead atoms. The lowest BCUT2D eigenvalue weighted by Gasteiger charge is -2.06. The van der Waals surface area contributed by atoms with Crippen LogP contribution in [-0.2, 0) is 10.0 Å². The molecule has 4 nitrogen and oxygen atoms in total. The van der Waals surface area contributed by atoms with Crippen molar-refractivity contribution in [2.45, 2.75) is 24.3 Å². The Morgan fingerprint density at radius 1 is 1.41 bits per heavy atom. The Bertz CT molecular complexity index is 550. The van der Waals surface area contributed by atoms with Gasteiger partial charge in [-0.25, -0.2) is 8.42 Å². The molecule has 0 radical (unpaired) electrons. The number of fused-ring (bicyclic) bond motifs is 1. The highest BCUT2D eigenvalue weighted by molar-refractivity contribution is 7.90. The Morgan fingerprint density at radius 2 is 2.12 bits per heavy atom. The van der Waals surface area contributed by atoms with Crippen molar-refractivity contribution in [1.82, 2.24) is 4.72 Å². The molecule has 92 valence electrons. The third-order valence-corrected chi connectivity index (χ3v) is 4.38. The highest BCUT2D eigenvalue weighted by atomic mass is 35.5. The molecule has 0 fully saturated rings. The topological polar surface area (TPSA) is 58.5 Å². The van der Waals surface area contributed by atoms with E-state index in [9.17, 15) is 8.42 Å². The van der Waals surface area contributed by atoms with Gasteiger partial charge in [-0.1, -0.05) is 19.1 Å². The summed E-state index contributed by atoms with van der Waals surface area (Å²) in [6.07, 6.45) is 0.775. The molecule has 0 amide bonds. The van der Waals surface area contributed by atoms with E-state index in [2.05, 4.69) is 9.71 Å². The second kappa shape index (κ2) is 4.66. The number of aliphatic imine (C=N–C) groups is 1. The van der Waals surface area contributed by atoms with Crippen molar-refractivity contribution in [2.75, 3.05) is 5.88 Å². The van der Waals surface area contributed by atoms with Crippen LogP contribution >= 0.6 is 11.6 Å². The van der Waals surface area contributed by atoms with Crippen LogP contribution in [0.25, 0.3) is 0 Å². The number of alkyl halides is 1. The first kappa shape index (κ1) is 12.4. The number of amidine groups is 1. The first-order chi connectivity index (χ1) is 8.08. The van der Waals surface area contributed by atoms with Gasteiger partial charge in [0.15, 0.2) is 0 Å². The normalized spacial score (nSPS) is 20.9. The maximum absolute atomic E-state index is 11.8. The quantitative estimate of drug-likeness (QED) is 0.852. The number of halogens is 1. The van der Waals surface area contributed by atoms with E-state index in [1.54, 1.807) is 24.3 Å². The first-order valence-corrected chi connectivity index (χ1v) is 7.36. The molecule has 0 saturated carbocycles. The monoisotopic (exact) mass is 272 g/mol. The molecule has 2 rings (SSSR count). The molecule has 1 atom stereocenters. The van der Waals surface area contributed by atoms with Gasteiger partial charge >= 0.3 is 0 Å². The lowest BCUT2D eigenvalue weighted by atomic mass is 10.2. The first-order valence-electron chi connectivity index (χ1n) is 5.34. The Labute approximate surface area is 106 Å². The summed E-state index contributed by atoms with van der Waals surface area (Å²) in [5.74, 6) is 0.775. The standard InChI is InChI=1S/C11H13ClN2O2S/c1-2-8(7-12)13-11-9-5-3-4-6-10(9)17(15,16)14-11/h3-6,8H,2,7H2,1H3,(H,13,14). The average Bonchev–Trinajstić information content (AvgIpc) is 2.59. The van der Waals surface area contributed by atoms with Crippen molar-refractivity contribution >= 4 is 27.5 Å². The highest BCUT2D eigenvalue weighted by Crippen LogP contribution is 2.22. The molecule has 0 saturated heterocycles. The number of benzene rings is 1. The minimum absolute atomic E-state index is 0.0690. The van der Waals surface area contributed by atoms with Crippen molar-refractivity contribution in [3.05, 3.63) is 29.8 Å². The molecule has 1 unspecified atom stereocenters. The maximum atomic E-state index is 11.8. The van der Waals surface area contributed by atoms with E-state index in [4.69, 9.17) is 11.6 Å². The number of nitrogens with zero attached hydrogens (tertiary/aromatic N) is 1. The van der Waals surface area contributed by atoms with Gasteiger partial charge in [0.25, 0.3) is 10.0 Å². The van der Waals surface area contributed by atoms with Crippen LogP contribution in [0.2, 0.25) is 0 Å². The van der Waals surface area contributed by atoms with Gasteiger partial charge in [0, 0.05) is 11.4 Å². The van der Waals surface area contributed by atoms with Crippen LogP contribution in [0.1, 0.15) is 18.9 Å². The molecule has 0 aromatic heterocycles. The molecule has 1 N–H and O–H groups in total. The van der Waals surface area contributed by atoms with Crippen molar-refractivity contribution in [2.24, 2.45) is 4.99 Å². The minimum Gasteiger partial charge on any atom is -0.263 e. The molecule has 0 spiro atoms. The van der Waals surface area contributed by atoms with E-state index in [-0.39, 0.29) is 10.9 Å². The summed E-state index contributed by atoms with van der Waals surface area (Å²) in [6, 6.07) is 6.73. The second-order valence-corrected chi connectivity index (χ2v) is 5.76. The molecule has 1 aromatic rings. The summed E-state index contributed by atoms with van der Waals surface area (Å²) in [4.78, 5) is 4.62. The summed E-state index contributed by atoms with van der Waals surface area (Å²) in [5.41, 5.74) is 0.621. The largest absolute Gasteiger partial charge is 0.263 e. The molecular weight excluding hydrogens is 260 g/mol. The molecule has 1 heterocycles. The zero-order valence-corrected chi connectivity index (χ0v) is 10.9. The van der Waals surface area contributed by atoms with Crippen LogP contribution in [0.5, 0.6) is 0 Å². The van der Waals surface area contributed by atoms with Crippen molar-refractivity contribution < 1.29 is 8.42 Å². The SMILES string of the molecule is CCC(CCl)N=C1NS(=O)(=O)c2ccccc21. The number of rotatable bonds is 3. The lowest BCUT2D eigenvalue weighted by Crippen LogP contribution is -2.24. The van der Waals surface area contributed by atoms with Gasteiger partial charge in [-0.3, -0.25) is 9.71 Å². The van der Waals surface area contributed by atoms with Crippen LogP contribution in [0.4, 0.5) is 0 Å². The van der Waals surface area contributed by atoms with Gasteiger partial charge < -0.3 is 0 Å². The number of sulfonamides is 1. The molecule has 0 aliphatic carbocycles. The summed E-state index contributed by atoms with van der Waals surface area (Å²) in [7, 11) is -3.44. The van der Waals surface area contributed by atoms with Crippen LogP contribution in [0.15, 0.2) is 34.2 Å².